The van der Waals surface area contributed by atoms with Gasteiger partial charge < -0.3 is 14.0 Å². The molecule has 0 saturated carbocycles. The third-order valence-electron chi connectivity index (χ3n) is 3.82. The topological polar surface area (TPSA) is 40.5 Å². The first-order valence-electron chi connectivity index (χ1n) is 7.60. The Balaban J connectivity index is 2.09. The first-order valence-corrected chi connectivity index (χ1v) is 7.60. The zero-order chi connectivity index (χ0) is 16.2. The van der Waals surface area contributed by atoms with Crippen molar-refractivity contribution in [2.24, 2.45) is 0 Å². The van der Waals surface area contributed by atoms with Crippen LogP contribution in [-0.2, 0) is 9.53 Å². The van der Waals surface area contributed by atoms with Gasteiger partial charge in [-0.25, -0.2) is 4.79 Å². The van der Waals surface area contributed by atoms with Crippen LogP contribution in [-0.4, -0.2) is 24.3 Å². The SMILES string of the molecule is CCOc1ccc2c(ccn2C(C(=O)OC)c2ccccc2)c1. The fraction of sp³-hybridized carbons (Fsp3) is 0.211. The Morgan fingerprint density at radius 3 is 2.61 bits per heavy atom. The van der Waals surface area contributed by atoms with Crippen molar-refractivity contribution in [3.05, 3.63) is 66.4 Å². The van der Waals surface area contributed by atoms with E-state index in [0.717, 1.165) is 22.2 Å². The van der Waals surface area contributed by atoms with Crippen LogP contribution in [0.1, 0.15) is 18.5 Å². The lowest BCUT2D eigenvalue weighted by atomic mass is 10.1. The summed E-state index contributed by atoms with van der Waals surface area (Å²) in [5.74, 6) is 0.537. The van der Waals surface area contributed by atoms with Gasteiger partial charge in [0.2, 0.25) is 0 Å². The maximum atomic E-state index is 12.4. The molecule has 1 heterocycles. The molecule has 0 amide bonds. The molecule has 23 heavy (non-hydrogen) atoms. The molecule has 4 nitrogen and oxygen atoms in total. The predicted octanol–water partition coefficient (Wildman–Crippen LogP) is 3.80. The van der Waals surface area contributed by atoms with Crippen molar-refractivity contribution in [2.45, 2.75) is 13.0 Å². The number of ether oxygens (including phenoxy) is 2. The van der Waals surface area contributed by atoms with Gasteiger partial charge in [0, 0.05) is 17.1 Å². The number of fused-ring (bicyclic) bond motifs is 1. The minimum Gasteiger partial charge on any atom is -0.494 e. The molecule has 0 saturated heterocycles. The molecule has 0 bridgehead atoms. The molecule has 2 aromatic carbocycles. The number of esters is 1. The first kappa shape index (κ1) is 15.2. The van der Waals surface area contributed by atoms with Gasteiger partial charge in [-0.05, 0) is 36.8 Å². The molecular formula is C19H19NO3. The predicted molar refractivity (Wildman–Crippen MR) is 89.7 cm³/mol. The molecule has 0 spiro atoms. The average molecular weight is 309 g/mol. The van der Waals surface area contributed by atoms with E-state index < -0.39 is 6.04 Å². The Labute approximate surface area is 135 Å². The lowest BCUT2D eigenvalue weighted by Gasteiger charge is -2.18. The van der Waals surface area contributed by atoms with Gasteiger partial charge in [-0.1, -0.05) is 30.3 Å². The third kappa shape index (κ3) is 2.93. The average Bonchev–Trinajstić information content (AvgIpc) is 2.99. The number of carbonyl (C=O) groups is 1. The number of aromatic nitrogens is 1. The molecule has 0 aliphatic rings. The van der Waals surface area contributed by atoms with Crippen molar-refractivity contribution in [3.63, 3.8) is 0 Å². The molecule has 1 unspecified atom stereocenters. The van der Waals surface area contributed by atoms with E-state index in [1.165, 1.54) is 7.11 Å². The van der Waals surface area contributed by atoms with Gasteiger partial charge in [-0.2, -0.15) is 0 Å². The Morgan fingerprint density at radius 2 is 1.91 bits per heavy atom. The number of hydrogen-bond donors (Lipinski definition) is 0. The van der Waals surface area contributed by atoms with Crippen LogP contribution in [0, 0.1) is 0 Å². The lowest BCUT2D eigenvalue weighted by Crippen LogP contribution is -2.21. The number of hydrogen-bond acceptors (Lipinski definition) is 3. The highest BCUT2D eigenvalue weighted by Crippen LogP contribution is 2.28. The summed E-state index contributed by atoms with van der Waals surface area (Å²) in [7, 11) is 1.41. The minimum absolute atomic E-state index is 0.289. The molecule has 118 valence electrons. The molecule has 0 radical (unpaired) electrons. The summed E-state index contributed by atoms with van der Waals surface area (Å²) >= 11 is 0. The quantitative estimate of drug-likeness (QED) is 0.673. The van der Waals surface area contributed by atoms with Crippen molar-refractivity contribution in [1.29, 1.82) is 0 Å². The van der Waals surface area contributed by atoms with E-state index in [4.69, 9.17) is 9.47 Å². The zero-order valence-corrected chi connectivity index (χ0v) is 13.2. The van der Waals surface area contributed by atoms with Gasteiger partial charge in [-0.3, -0.25) is 0 Å². The number of carbonyl (C=O) groups excluding carboxylic acids is 1. The Morgan fingerprint density at radius 1 is 1.13 bits per heavy atom. The monoisotopic (exact) mass is 309 g/mol. The second-order valence-corrected chi connectivity index (χ2v) is 5.21. The summed E-state index contributed by atoms with van der Waals surface area (Å²) in [6.07, 6.45) is 1.91. The van der Waals surface area contributed by atoms with Crippen LogP contribution in [0.15, 0.2) is 60.8 Å². The minimum atomic E-state index is -0.503. The molecule has 0 aliphatic carbocycles. The largest absolute Gasteiger partial charge is 0.494 e. The van der Waals surface area contributed by atoms with Crippen LogP contribution in [0.5, 0.6) is 5.75 Å². The van der Waals surface area contributed by atoms with Crippen LogP contribution < -0.4 is 4.74 Å². The van der Waals surface area contributed by atoms with Crippen molar-refractivity contribution in [2.75, 3.05) is 13.7 Å². The molecule has 1 aromatic heterocycles. The van der Waals surface area contributed by atoms with E-state index >= 15 is 0 Å². The fourth-order valence-electron chi connectivity index (χ4n) is 2.78. The van der Waals surface area contributed by atoms with Crippen molar-refractivity contribution >= 4 is 16.9 Å². The van der Waals surface area contributed by atoms with E-state index in [1.807, 2.05) is 72.3 Å². The number of rotatable bonds is 5. The van der Waals surface area contributed by atoms with Crippen molar-refractivity contribution in [3.8, 4) is 5.75 Å². The Kier molecular flexibility index (Phi) is 4.33. The van der Waals surface area contributed by atoms with Gasteiger partial charge in [0.15, 0.2) is 6.04 Å². The van der Waals surface area contributed by atoms with Crippen LogP contribution in [0.4, 0.5) is 0 Å². The molecule has 0 aliphatic heterocycles. The number of nitrogens with zero attached hydrogens (tertiary/aromatic N) is 1. The van der Waals surface area contributed by atoms with Crippen molar-refractivity contribution < 1.29 is 14.3 Å². The molecule has 4 heteroatoms. The van der Waals surface area contributed by atoms with E-state index in [0.29, 0.717) is 6.61 Å². The summed E-state index contributed by atoms with van der Waals surface area (Å²) in [6, 6.07) is 17.0. The third-order valence-corrected chi connectivity index (χ3v) is 3.82. The van der Waals surface area contributed by atoms with Crippen LogP contribution in [0.25, 0.3) is 10.9 Å². The molecule has 0 fully saturated rings. The smallest absolute Gasteiger partial charge is 0.333 e. The fourth-order valence-corrected chi connectivity index (χ4v) is 2.78. The first-order chi connectivity index (χ1) is 11.2. The second-order valence-electron chi connectivity index (χ2n) is 5.21. The number of methoxy groups -OCH3 is 1. The summed E-state index contributed by atoms with van der Waals surface area (Å²) in [6.45, 7) is 2.58. The highest BCUT2D eigenvalue weighted by Gasteiger charge is 2.24. The molecule has 0 N–H and O–H groups in total. The molecule has 1 atom stereocenters. The van der Waals surface area contributed by atoms with E-state index in [1.54, 1.807) is 0 Å². The summed E-state index contributed by atoms with van der Waals surface area (Å²) in [5.41, 5.74) is 1.86. The van der Waals surface area contributed by atoms with Crippen LogP contribution >= 0.6 is 0 Å². The van der Waals surface area contributed by atoms with E-state index in [2.05, 4.69) is 0 Å². The van der Waals surface area contributed by atoms with Gasteiger partial charge >= 0.3 is 5.97 Å². The van der Waals surface area contributed by atoms with Gasteiger partial charge in [-0.15, -0.1) is 0 Å². The summed E-state index contributed by atoms with van der Waals surface area (Å²) in [4.78, 5) is 12.4. The van der Waals surface area contributed by atoms with E-state index in [9.17, 15) is 4.79 Å². The standard InChI is InChI=1S/C19H19NO3/c1-3-23-16-9-10-17-15(13-16)11-12-20(17)18(19(21)22-2)14-7-5-4-6-8-14/h4-13,18H,3H2,1-2H3. The lowest BCUT2D eigenvalue weighted by molar-refractivity contribution is -0.143. The Hall–Kier alpha value is -2.75. The summed E-state index contributed by atoms with van der Waals surface area (Å²) in [5, 5.41) is 1.03. The highest BCUT2D eigenvalue weighted by atomic mass is 16.5. The van der Waals surface area contributed by atoms with Gasteiger partial charge in [0.1, 0.15) is 5.75 Å². The zero-order valence-electron chi connectivity index (χ0n) is 13.2. The molecule has 3 rings (SSSR count). The van der Waals surface area contributed by atoms with Gasteiger partial charge in [0.05, 0.1) is 13.7 Å². The number of benzene rings is 2. The van der Waals surface area contributed by atoms with E-state index in [-0.39, 0.29) is 5.97 Å². The maximum absolute atomic E-state index is 12.4. The molecular weight excluding hydrogens is 290 g/mol. The second kappa shape index (κ2) is 6.57. The maximum Gasteiger partial charge on any atom is 0.333 e. The Bertz CT molecular complexity index is 808. The normalized spacial score (nSPS) is 12.1. The molecule has 3 aromatic rings. The van der Waals surface area contributed by atoms with Crippen molar-refractivity contribution in [1.82, 2.24) is 4.57 Å². The summed E-state index contributed by atoms with van der Waals surface area (Å²) < 4.78 is 12.5. The van der Waals surface area contributed by atoms with Crippen LogP contribution in [0.2, 0.25) is 0 Å². The van der Waals surface area contributed by atoms with Crippen LogP contribution in [0.3, 0.4) is 0 Å². The van der Waals surface area contributed by atoms with Gasteiger partial charge in [0.25, 0.3) is 0 Å². The highest BCUT2D eigenvalue weighted by molar-refractivity contribution is 5.86.